The Bertz CT molecular complexity index is 557. The number of thioether (sulfide) groups is 1. The quantitative estimate of drug-likeness (QED) is 0.851. The molecular formula is C16H18ClNO2S. The number of amides is 1. The van der Waals surface area contributed by atoms with Crippen LogP contribution in [0.4, 0.5) is 0 Å². The third kappa shape index (κ3) is 4.67. The van der Waals surface area contributed by atoms with Crippen molar-refractivity contribution in [1.29, 1.82) is 0 Å². The molecular weight excluding hydrogens is 306 g/mol. The Morgan fingerprint density at radius 2 is 2.24 bits per heavy atom. The molecule has 1 aromatic rings. The molecule has 0 radical (unpaired) electrons. The van der Waals surface area contributed by atoms with E-state index in [0.29, 0.717) is 22.6 Å². The summed E-state index contributed by atoms with van der Waals surface area (Å²) in [6.45, 7) is 1.63. The van der Waals surface area contributed by atoms with Gasteiger partial charge in [-0.1, -0.05) is 23.4 Å². The SMILES string of the molecule is O=C(c1ccc(C#CCCO)c(Cl)c1)N1CCCSCC1. The van der Waals surface area contributed by atoms with Crippen LogP contribution in [0.2, 0.25) is 5.02 Å². The molecule has 1 amide bonds. The minimum Gasteiger partial charge on any atom is -0.395 e. The molecule has 0 saturated carbocycles. The Labute approximate surface area is 134 Å². The molecule has 1 aliphatic rings. The van der Waals surface area contributed by atoms with Gasteiger partial charge in [-0.3, -0.25) is 4.79 Å². The minimum atomic E-state index is 0.0359. The predicted octanol–water partition coefficient (Wildman–Crippen LogP) is 2.65. The molecule has 1 aliphatic heterocycles. The fraction of sp³-hybridized carbons (Fsp3) is 0.438. The maximum absolute atomic E-state index is 12.5. The van der Waals surface area contributed by atoms with E-state index in [0.717, 1.165) is 31.0 Å². The standard InChI is InChI=1S/C16H18ClNO2S/c17-15-12-14(6-5-13(15)4-1-2-9-19)16(20)18-7-3-10-21-11-8-18/h5-6,12,19H,2-3,7-11H2. The van der Waals surface area contributed by atoms with E-state index >= 15 is 0 Å². The number of rotatable bonds is 2. The van der Waals surface area contributed by atoms with Crippen LogP contribution in [0.1, 0.15) is 28.8 Å². The summed E-state index contributed by atoms with van der Waals surface area (Å²) in [6.07, 6.45) is 1.46. The largest absolute Gasteiger partial charge is 0.395 e. The highest BCUT2D eigenvalue weighted by Crippen LogP contribution is 2.19. The lowest BCUT2D eigenvalue weighted by Gasteiger charge is -2.20. The van der Waals surface area contributed by atoms with Crippen molar-refractivity contribution in [3.63, 3.8) is 0 Å². The monoisotopic (exact) mass is 323 g/mol. The summed E-state index contributed by atoms with van der Waals surface area (Å²) in [7, 11) is 0. The van der Waals surface area contributed by atoms with Gasteiger partial charge in [0.05, 0.1) is 11.6 Å². The van der Waals surface area contributed by atoms with Crippen LogP contribution in [-0.4, -0.2) is 47.1 Å². The second-order valence-electron chi connectivity index (χ2n) is 4.73. The Kier molecular flexibility index (Phi) is 6.44. The van der Waals surface area contributed by atoms with Crippen molar-refractivity contribution >= 4 is 29.3 Å². The molecule has 1 aromatic carbocycles. The molecule has 1 fully saturated rings. The fourth-order valence-corrected chi connectivity index (χ4v) is 3.21. The number of hydrogen-bond donors (Lipinski definition) is 1. The molecule has 1 heterocycles. The topological polar surface area (TPSA) is 40.5 Å². The average Bonchev–Trinajstić information content (AvgIpc) is 2.77. The Morgan fingerprint density at radius 1 is 1.38 bits per heavy atom. The van der Waals surface area contributed by atoms with E-state index in [1.807, 2.05) is 16.7 Å². The van der Waals surface area contributed by atoms with Crippen molar-refractivity contribution in [3.8, 4) is 11.8 Å². The van der Waals surface area contributed by atoms with Crippen molar-refractivity contribution in [2.45, 2.75) is 12.8 Å². The molecule has 1 N–H and O–H groups in total. The number of hydrogen-bond acceptors (Lipinski definition) is 3. The fourth-order valence-electron chi connectivity index (χ4n) is 2.09. The maximum atomic E-state index is 12.5. The van der Waals surface area contributed by atoms with E-state index in [9.17, 15) is 4.79 Å². The lowest BCUT2D eigenvalue weighted by Crippen LogP contribution is -2.32. The van der Waals surface area contributed by atoms with Crippen LogP contribution in [0.5, 0.6) is 0 Å². The lowest BCUT2D eigenvalue weighted by atomic mass is 10.1. The summed E-state index contributed by atoms with van der Waals surface area (Å²) >= 11 is 8.07. The van der Waals surface area contributed by atoms with Gasteiger partial charge in [-0.15, -0.1) is 0 Å². The first kappa shape index (κ1) is 16.2. The molecule has 0 aromatic heterocycles. The number of nitrogens with zero attached hydrogens (tertiary/aromatic N) is 1. The molecule has 1 saturated heterocycles. The normalized spacial score (nSPS) is 15.0. The zero-order valence-corrected chi connectivity index (χ0v) is 13.3. The highest BCUT2D eigenvalue weighted by atomic mass is 35.5. The number of carbonyl (C=O) groups is 1. The summed E-state index contributed by atoms with van der Waals surface area (Å²) in [4.78, 5) is 14.4. The van der Waals surface area contributed by atoms with E-state index in [4.69, 9.17) is 16.7 Å². The van der Waals surface area contributed by atoms with Gasteiger partial charge in [0, 0.05) is 36.4 Å². The number of benzene rings is 1. The number of carbonyl (C=O) groups excluding carboxylic acids is 1. The van der Waals surface area contributed by atoms with Crippen LogP contribution in [0, 0.1) is 11.8 Å². The van der Waals surface area contributed by atoms with Crippen LogP contribution in [0.3, 0.4) is 0 Å². The van der Waals surface area contributed by atoms with Crippen molar-refractivity contribution in [2.75, 3.05) is 31.2 Å². The molecule has 0 unspecified atom stereocenters. The first-order chi connectivity index (χ1) is 10.2. The van der Waals surface area contributed by atoms with E-state index in [1.54, 1.807) is 18.2 Å². The Morgan fingerprint density at radius 3 is 3.00 bits per heavy atom. The van der Waals surface area contributed by atoms with Crippen molar-refractivity contribution in [3.05, 3.63) is 34.3 Å². The molecule has 112 valence electrons. The average molecular weight is 324 g/mol. The van der Waals surface area contributed by atoms with Crippen molar-refractivity contribution in [2.24, 2.45) is 0 Å². The number of aliphatic hydroxyl groups excluding tert-OH is 1. The zero-order valence-electron chi connectivity index (χ0n) is 11.8. The number of halogens is 1. The first-order valence-electron chi connectivity index (χ1n) is 6.98. The van der Waals surface area contributed by atoms with E-state index < -0.39 is 0 Å². The molecule has 0 aliphatic carbocycles. The maximum Gasteiger partial charge on any atom is 0.253 e. The molecule has 0 atom stereocenters. The van der Waals surface area contributed by atoms with Gasteiger partial charge in [0.1, 0.15) is 0 Å². The van der Waals surface area contributed by atoms with Gasteiger partial charge < -0.3 is 10.0 Å². The molecule has 5 heteroatoms. The van der Waals surface area contributed by atoms with Crippen molar-refractivity contribution < 1.29 is 9.90 Å². The molecule has 0 spiro atoms. The van der Waals surface area contributed by atoms with Gasteiger partial charge in [0.2, 0.25) is 0 Å². The lowest BCUT2D eigenvalue weighted by molar-refractivity contribution is 0.0768. The summed E-state index contributed by atoms with van der Waals surface area (Å²) in [5.41, 5.74) is 1.30. The zero-order chi connectivity index (χ0) is 15.1. The first-order valence-corrected chi connectivity index (χ1v) is 8.52. The summed E-state index contributed by atoms with van der Waals surface area (Å²) in [5, 5.41) is 9.19. The summed E-state index contributed by atoms with van der Waals surface area (Å²) < 4.78 is 0. The van der Waals surface area contributed by atoms with Gasteiger partial charge in [-0.05, 0) is 30.4 Å². The third-order valence-electron chi connectivity index (χ3n) is 3.19. The minimum absolute atomic E-state index is 0.0359. The molecule has 3 nitrogen and oxygen atoms in total. The van der Waals surface area contributed by atoms with Gasteiger partial charge in [-0.25, -0.2) is 0 Å². The second-order valence-corrected chi connectivity index (χ2v) is 6.36. The van der Waals surface area contributed by atoms with Crippen LogP contribution in [-0.2, 0) is 0 Å². The highest BCUT2D eigenvalue weighted by molar-refractivity contribution is 7.99. The Hall–Kier alpha value is -1.15. The van der Waals surface area contributed by atoms with E-state index in [1.165, 1.54) is 0 Å². The molecule has 0 bridgehead atoms. The third-order valence-corrected chi connectivity index (χ3v) is 4.55. The molecule has 2 rings (SSSR count). The van der Waals surface area contributed by atoms with Crippen LogP contribution < -0.4 is 0 Å². The van der Waals surface area contributed by atoms with E-state index in [2.05, 4.69) is 11.8 Å². The van der Waals surface area contributed by atoms with Gasteiger partial charge in [0.25, 0.3) is 5.91 Å². The summed E-state index contributed by atoms with van der Waals surface area (Å²) in [6, 6.07) is 5.23. The smallest absolute Gasteiger partial charge is 0.253 e. The van der Waals surface area contributed by atoms with Gasteiger partial charge >= 0.3 is 0 Å². The highest BCUT2D eigenvalue weighted by Gasteiger charge is 2.18. The van der Waals surface area contributed by atoms with Gasteiger partial charge in [-0.2, -0.15) is 11.8 Å². The number of aliphatic hydroxyl groups is 1. The predicted molar refractivity (Wildman–Crippen MR) is 87.9 cm³/mol. The second kappa shape index (κ2) is 8.33. The molecule has 21 heavy (non-hydrogen) atoms. The van der Waals surface area contributed by atoms with Gasteiger partial charge in [0.15, 0.2) is 0 Å². The van der Waals surface area contributed by atoms with E-state index in [-0.39, 0.29) is 12.5 Å². The Balaban J connectivity index is 2.12. The van der Waals surface area contributed by atoms with Crippen LogP contribution in [0.25, 0.3) is 0 Å². The van der Waals surface area contributed by atoms with Crippen molar-refractivity contribution in [1.82, 2.24) is 4.90 Å². The van der Waals surface area contributed by atoms with Crippen LogP contribution in [0.15, 0.2) is 18.2 Å². The van der Waals surface area contributed by atoms with Crippen LogP contribution >= 0.6 is 23.4 Å². The summed E-state index contributed by atoms with van der Waals surface area (Å²) in [5.74, 6) is 7.87.